The number of hydrogen-bond acceptors (Lipinski definition) is 7. The molecule has 0 spiro atoms. The number of benzene rings is 1. The lowest BCUT2D eigenvalue weighted by Crippen LogP contribution is -2.39. The van der Waals surface area contributed by atoms with Crippen LogP contribution in [-0.4, -0.2) is 48.1 Å². The lowest BCUT2D eigenvalue weighted by Gasteiger charge is -2.26. The van der Waals surface area contributed by atoms with Crippen molar-refractivity contribution >= 4 is 5.91 Å². The zero-order chi connectivity index (χ0) is 26.2. The van der Waals surface area contributed by atoms with Crippen LogP contribution in [0, 0.1) is 0 Å². The molecule has 1 aliphatic rings. The van der Waals surface area contributed by atoms with E-state index < -0.39 is 18.0 Å². The number of aromatic nitrogens is 5. The van der Waals surface area contributed by atoms with Crippen LogP contribution in [0.5, 0.6) is 0 Å². The molecule has 1 amide bonds. The predicted molar refractivity (Wildman–Crippen MR) is 126 cm³/mol. The maximum atomic E-state index is 14.1. The van der Waals surface area contributed by atoms with Crippen molar-refractivity contribution in [1.29, 1.82) is 0 Å². The van der Waals surface area contributed by atoms with Crippen molar-refractivity contribution in [2.24, 2.45) is 0 Å². The number of aliphatic hydroxyl groups excluding tert-OH is 1. The minimum atomic E-state index is -4.80. The lowest BCUT2D eigenvalue weighted by molar-refractivity contribution is -0.144. The molecule has 0 bridgehead atoms. The van der Waals surface area contributed by atoms with Crippen molar-refractivity contribution in [2.45, 2.75) is 51.1 Å². The van der Waals surface area contributed by atoms with E-state index in [1.165, 1.54) is 25.5 Å². The van der Waals surface area contributed by atoms with Crippen LogP contribution in [0.2, 0.25) is 0 Å². The van der Waals surface area contributed by atoms with Crippen LogP contribution < -0.4 is 5.32 Å². The molecule has 1 atom stereocenters. The summed E-state index contributed by atoms with van der Waals surface area (Å²) >= 11 is 0. The van der Waals surface area contributed by atoms with E-state index in [0.29, 0.717) is 15.8 Å². The Bertz CT molecular complexity index is 1410. The number of carbonyl (C=O) groups is 1. The van der Waals surface area contributed by atoms with Gasteiger partial charge in [0, 0.05) is 23.4 Å². The van der Waals surface area contributed by atoms with Crippen molar-refractivity contribution in [3.05, 3.63) is 60.3 Å². The van der Waals surface area contributed by atoms with Gasteiger partial charge in [-0.1, -0.05) is 17.3 Å². The summed E-state index contributed by atoms with van der Waals surface area (Å²) in [7, 11) is 0. The summed E-state index contributed by atoms with van der Waals surface area (Å²) in [6.45, 7) is 1.01. The number of carbonyl (C=O) groups excluding carboxylic acids is 1. The highest BCUT2D eigenvalue weighted by atomic mass is 19.4. The fourth-order valence-electron chi connectivity index (χ4n) is 4.22. The average molecular weight is 512 g/mol. The van der Waals surface area contributed by atoms with E-state index in [-0.39, 0.29) is 46.8 Å². The zero-order valence-electron chi connectivity index (χ0n) is 19.7. The van der Waals surface area contributed by atoms with Gasteiger partial charge in [0.1, 0.15) is 12.0 Å². The molecular formula is C25H23F3N6O3. The normalized spacial score (nSPS) is 14.8. The number of rotatable bonds is 7. The van der Waals surface area contributed by atoms with Crippen molar-refractivity contribution in [1.82, 2.24) is 30.2 Å². The first kappa shape index (κ1) is 24.6. The second-order valence-corrected chi connectivity index (χ2v) is 8.95. The summed E-state index contributed by atoms with van der Waals surface area (Å²) in [6, 6.07) is 8.30. The summed E-state index contributed by atoms with van der Waals surface area (Å²) < 4.78 is 48.6. The Morgan fingerprint density at radius 1 is 1.30 bits per heavy atom. The van der Waals surface area contributed by atoms with Crippen LogP contribution in [0.3, 0.4) is 0 Å². The van der Waals surface area contributed by atoms with Gasteiger partial charge in [0.15, 0.2) is 11.5 Å². The number of nitrogens with zero attached hydrogens (tertiary/aromatic N) is 5. The fraction of sp³-hybridized carbons (Fsp3) is 0.320. The highest BCUT2D eigenvalue weighted by Crippen LogP contribution is 2.44. The van der Waals surface area contributed by atoms with Crippen LogP contribution in [0.15, 0.2) is 53.6 Å². The van der Waals surface area contributed by atoms with Gasteiger partial charge in [0.2, 0.25) is 0 Å². The molecule has 2 N–H and O–H groups in total. The summed E-state index contributed by atoms with van der Waals surface area (Å²) in [6.07, 6.45) is 0.823. The maximum absolute atomic E-state index is 14.1. The molecule has 1 fully saturated rings. The van der Waals surface area contributed by atoms with Gasteiger partial charge in [-0.2, -0.15) is 18.3 Å². The third kappa shape index (κ3) is 4.96. The second-order valence-electron chi connectivity index (χ2n) is 8.95. The SMILES string of the molecule is C[C@@H](O)Cn1ncc(-c2onc(-c3cccc(C(=O)NC4CCC4)c3)c2-c2ccncn2)c1C(F)(F)F. The second kappa shape index (κ2) is 9.77. The summed E-state index contributed by atoms with van der Waals surface area (Å²) in [5.41, 5.74) is 0.115. The minimum Gasteiger partial charge on any atom is -0.391 e. The standard InChI is InChI=1S/C25H23F3N6O3/c1-14(35)12-34-23(25(26,27)28)18(11-31-34)22-20(19-8-9-29-13-30-19)21(33-37-22)15-4-2-5-16(10-15)24(36)32-17-6-3-7-17/h2,4-5,8-11,13-14,17,35H,3,6-7,12H2,1H3,(H,32,36)/t14-/m1/s1. The molecular weight excluding hydrogens is 489 g/mol. The van der Waals surface area contributed by atoms with Gasteiger partial charge >= 0.3 is 6.18 Å². The first-order valence-corrected chi connectivity index (χ1v) is 11.7. The number of halogens is 3. The Morgan fingerprint density at radius 2 is 2.11 bits per heavy atom. The topological polar surface area (TPSA) is 119 Å². The molecule has 37 heavy (non-hydrogen) atoms. The van der Waals surface area contributed by atoms with Gasteiger partial charge in [0.05, 0.1) is 35.7 Å². The monoisotopic (exact) mass is 512 g/mol. The van der Waals surface area contributed by atoms with Crippen molar-refractivity contribution < 1.29 is 27.6 Å². The molecule has 0 radical (unpaired) electrons. The van der Waals surface area contributed by atoms with Crippen molar-refractivity contribution in [3.8, 4) is 33.8 Å². The molecule has 0 unspecified atom stereocenters. The first-order valence-electron chi connectivity index (χ1n) is 11.7. The lowest BCUT2D eigenvalue weighted by atomic mass is 9.92. The third-order valence-electron chi connectivity index (χ3n) is 6.16. The van der Waals surface area contributed by atoms with E-state index >= 15 is 0 Å². The van der Waals surface area contributed by atoms with Gasteiger partial charge in [-0.05, 0) is 44.4 Å². The summed E-state index contributed by atoms with van der Waals surface area (Å²) in [4.78, 5) is 20.8. The quantitative estimate of drug-likeness (QED) is 0.378. The molecule has 192 valence electrons. The minimum absolute atomic E-state index is 0.144. The smallest absolute Gasteiger partial charge is 0.391 e. The number of nitrogens with one attached hydrogen (secondary N) is 1. The van der Waals surface area contributed by atoms with Gasteiger partial charge in [-0.15, -0.1) is 0 Å². The Kier molecular flexibility index (Phi) is 6.50. The number of alkyl halides is 3. The highest BCUT2D eigenvalue weighted by molar-refractivity contribution is 5.97. The molecule has 12 heteroatoms. The van der Waals surface area contributed by atoms with Gasteiger partial charge in [-0.25, -0.2) is 9.97 Å². The van der Waals surface area contributed by atoms with Crippen LogP contribution in [0.25, 0.3) is 33.8 Å². The number of hydrogen-bond donors (Lipinski definition) is 2. The molecule has 3 heterocycles. The molecule has 3 aromatic heterocycles. The molecule has 1 aliphatic carbocycles. The Balaban J connectivity index is 1.64. The van der Waals surface area contributed by atoms with Crippen LogP contribution >= 0.6 is 0 Å². The molecule has 9 nitrogen and oxygen atoms in total. The molecule has 0 saturated heterocycles. The molecule has 4 aromatic rings. The van der Waals surface area contributed by atoms with Crippen molar-refractivity contribution in [3.63, 3.8) is 0 Å². The number of amides is 1. The van der Waals surface area contributed by atoms with Gasteiger partial charge < -0.3 is 14.9 Å². The molecule has 5 rings (SSSR count). The first-order chi connectivity index (χ1) is 17.7. The predicted octanol–water partition coefficient (Wildman–Crippen LogP) is 4.34. The Labute approximate surface area is 209 Å². The number of aliphatic hydroxyl groups is 1. The highest BCUT2D eigenvalue weighted by Gasteiger charge is 2.41. The van der Waals surface area contributed by atoms with Crippen molar-refractivity contribution in [2.75, 3.05) is 0 Å². The van der Waals surface area contributed by atoms with Crippen LogP contribution in [-0.2, 0) is 12.7 Å². The van der Waals surface area contributed by atoms with Crippen LogP contribution in [0.1, 0.15) is 42.2 Å². The van der Waals surface area contributed by atoms with E-state index in [1.54, 1.807) is 24.3 Å². The Morgan fingerprint density at radius 3 is 2.76 bits per heavy atom. The third-order valence-corrected chi connectivity index (χ3v) is 6.16. The fourth-order valence-corrected chi connectivity index (χ4v) is 4.22. The zero-order valence-corrected chi connectivity index (χ0v) is 19.7. The molecule has 1 aromatic carbocycles. The van der Waals surface area contributed by atoms with E-state index in [1.807, 2.05) is 0 Å². The van der Waals surface area contributed by atoms with Gasteiger partial charge in [0.25, 0.3) is 5.91 Å². The van der Waals surface area contributed by atoms with Gasteiger partial charge in [-0.3, -0.25) is 9.48 Å². The summed E-state index contributed by atoms with van der Waals surface area (Å²) in [5.74, 6) is -0.431. The average Bonchev–Trinajstić information content (AvgIpc) is 3.46. The summed E-state index contributed by atoms with van der Waals surface area (Å²) in [5, 5.41) is 20.6. The maximum Gasteiger partial charge on any atom is 0.433 e. The van der Waals surface area contributed by atoms with E-state index in [4.69, 9.17) is 4.52 Å². The van der Waals surface area contributed by atoms with Crippen LogP contribution in [0.4, 0.5) is 13.2 Å². The largest absolute Gasteiger partial charge is 0.433 e. The Hall–Kier alpha value is -4.06. The van der Waals surface area contributed by atoms with E-state index in [0.717, 1.165) is 25.5 Å². The molecule has 0 aliphatic heterocycles. The van der Waals surface area contributed by atoms with E-state index in [9.17, 15) is 23.1 Å². The molecule has 1 saturated carbocycles. The van der Waals surface area contributed by atoms with E-state index in [2.05, 4.69) is 25.5 Å².